The van der Waals surface area contributed by atoms with Gasteiger partial charge in [-0.1, -0.05) is 69.5 Å². The molecule has 0 fully saturated rings. The molecule has 5 heteroatoms. The molecule has 246 valence electrons. The van der Waals surface area contributed by atoms with Crippen LogP contribution in [0, 0.1) is 0 Å². The van der Waals surface area contributed by atoms with Crippen molar-refractivity contribution >= 4 is 38.6 Å². The molecule has 49 heavy (non-hydrogen) atoms. The highest BCUT2D eigenvalue weighted by Gasteiger charge is 2.41. The number of hydrogen-bond acceptors (Lipinski definition) is 5. The molecule has 1 aromatic heterocycles. The molecule has 5 aromatic carbocycles. The summed E-state index contributed by atoms with van der Waals surface area (Å²) in [7, 11) is 0. The van der Waals surface area contributed by atoms with Gasteiger partial charge in [-0.3, -0.25) is 0 Å². The summed E-state index contributed by atoms with van der Waals surface area (Å²) in [5.41, 5.74) is 10.7. The summed E-state index contributed by atoms with van der Waals surface area (Å²) in [6.45, 7) is 16.3. The summed E-state index contributed by atoms with van der Waals surface area (Å²) in [6, 6.07) is 38.9. The van der Waals surface area contributed by atoms with Crippen LogP contribution in [-0.4, -0.2) is 17.2 Å². The summed E-state index contributed by atoms with van der Waals surface area (Å²) >= 11 is 1.76. The van der Waals surface area contributed by atoms with E-state index in [1.54, 1.807) is 23.5 Å². The number of benzene rings is 5. The fraction of sp³-hybridized carbons (Fsp3) is 0.205. The van der Waals surface area contributed by atoms with Crippen LogP contribution < -0.4 is 14.4 Å². The predicted octanol–water partition coefficient (Wildman–Crippen LogP) is 12.4. The van der Waals surface area contributed by atoms with Crippen LogP contribution in [0.5, 0.6) is 11.5 Å². The van der Waals surface area contributed by atoms with E-state index in [0.717, 1.165) is 51.9 Å². The van der Waals surface area contributed by atoms with E-state index >= 15 is 0 Å². The third-order valence-electron chi connectivity index (χ3n) is 9.85. The lowest BCUT2D eigenvalue weighted by molar-refractivity contribution is 0.270. The Hall–Kier alpha value is -5.13. The monoisotopic (exact) mass is 662 g/mol. The number of hydrogen-bond donors (Lipinski definition) is 0. The van der Waals surface area contributed by atoms with Crippen LogP contribution in [0.4, 0.5) is 17.1 Å². The zero-order valence-electron chi connectivity index (χ0n) is 28.6. The fourth-order valence-electron chi connectivity index (χ4n) is 7.08. The van der Waals surface area contributed by atoms with Crippen LogP contribution in [0.1, 0.15) is 51.7 Å². The van der Waals surface area contributed by atoms with E-state index in [4.69, 9.17) is 14.5 Å². The Balaban J connectivity index is 1.32. The quantitative estimate of drug-likeness (QED) is 0.122. The van der Waals surface area contributed by atoms with Crippen LogP contribution in [0.25, 0.3) is 31.9 Å². The van der Waals surface area contributed by atoms with Gasteiger partial charge in [0, 0.05) is 28.0 Å². The fourth-order valence-corrected chi connectivity index (χ4v) is 8.05. The molecule has 0 radical (unpaired) electrons. The average molecular weight is 663 g/mol. The highest BCUT2D eigenvalue weighted by molar-refractivity contribution is 7.21. The number of aromatic nitrogens is 1. The number of anilines is 3. The summed E-state index contributed by atoms with van der Waals surface area (Å²) in [5.74, 6) is 1.62. The van der Waals surface area contributed by atoms with E-state index < -0.39 is 0 Å². The highest BCUT2D eigenvalue weighted by Crippen LogP contribution is 2.55. The normalized spacial score (nSPS) is 14.0. The summed E-state index contributed by atoms with van der Waals surface area (Å²) in [4.78, 5) is 7.31. The molecule has 0 amide bonds. The van der Waals surface area contributed by atoms with Crippen molar-refractivity contribution in [3.8, 4) is 33.2 Å². The van der Waals surface area contributed by atoms with Crippen LogP contribution in [-0.2, 0) is 5.41 Å². The maximum Gasteiger partial charge on any atom is 0.124 e. The Morgan fingerprint density at radius 1 is 0.694 bits per heavy atom. The van der Waals surface area contributed by atoms with Crippen molar-refractivity contribution in [1.82, 2.24) is 4.98 Å². The van der Waals surface area contributed by atoms with Gasteiger partial charge in [-0.2, -0.15) is 0 Å². The lowest BCUT2D eigenvalue weighted by atomic mass is 9.73. The molecule has 1 aliphatic rings. The van der Waals surface area contributed by atoms with Gasteiger partial charge in [-0.05, 0) is 128 Å². The molecule has 0 bridgehead atoms. The van der Waals surface area contributed by atoms with E-state index in [1.165, 1.54) is 32.5 Å². The molecule has 0 saturated carbocycles. The van der Waals surface area contributed by atoms with Gasteiger partial charge in [-0.15, -0.1) is 11.3 Å². The molecule has 2 unspecified atom stereocenters. The number of thiazole rings is 1. The second-order valence-electron chi connectivity index (χ2n) is 12.7. The molecule has 0 N–H and O–H groups in total. The summed E-state index contributed by atoms with van der Waals surface area (Å²) < 4.78 is 13.3. The number of rotatable bonds is 12. The Kier molecular flexibility index (Phi) is 8.87. The predicted molar refractivity (Wildman–Crippen MR) is 207 cm³/mol. The minimum Gasteiger partial charge on any atom is -0.487 e. The van der Waals surface area contributed by atoms with Crippen LogP contribution in [0.2, 0.25) is 0 Å². The van der Waals surface area contributed by atoms with Crippen molar-refractivity contribution in [1.29, 1.82) is 0 Å². The van der Waals surface area contributed by atoms with E-state index in [9.17, 15) is 0 Å². The highest BCUT2D eigenvalue weighted by atomic mass is 32.1. The Morgan fingerprint density at radius 2 is 1.22 bits per heavy atom. The molecule has 0 saturated heterocycles. The molecule has 1 aliphatic carbocycles. The first-order valence-corrected chi connectivity index (χ1v) is 17.9. The number of nitrogens with zero attached hydrogens (tertiary/aromatic N) is 2. The lowest BCUT2D eigenvalue weighted by Gasteiger charge is -2.32. The maximum absolute atomic E-state index is 6.02. The second-order valence-corrected chi connectivity index (χ2v) is 13.7. The van der Waals surface area contributed by atoms with Crippen molar-refractivity contribution in [3.63, 3.8) is 0 Å². The molecule has 7 rings (SSSR count). The van der Waals surface area contributed by atoms with E-state index in [1.807, 2.05) is 38.1 Å². The van der Waals surface area contributed by atoms with Crippen molar-refractivity contribution in [2.24, 2.45) is 0 Å². The van der Waals surface area contributed by atoms with Crippen LogP contribution in [0.15, 0.2) is 135 Å². The molecule has 0 aliphatic heterocycles. The van der Waals surface area contributed by atoms with E-state index in [-0.39, 0.29) is 17.6 Å². The van der Waals surface area contributed by atoms with Gasteiger partial charge < -0.3 is 14.4 Å². The van der Waals surface area contributed by atoms with Gasteiger partial charge >= 0.3 is 0 Å². The van der Waals surface area contributed by atoms with Crippen LogP contribution >= 0.6 is 11.3 Å². The SMILES string of the molecule is C=CC(C)Oc1ccc(N(c2ccc(OC(C)C=C)cc2)c2ccc3c(c2)C(CC)(CC)c2cc(-c4nc5ccccc5s4)ccc2-3)cc1. The van der Waals surface area contributed by atoms with Gasteiger partial charge in [-0.25, -0.2) is 4.98 Å². The lowest BCUT2D eigenvalue weighted by Crippen LogP contribution is -2.23. The maximum atomic E-state index is 6.02. The summed E-state index contributed by atoms with van der Waals surface area (Å²) in [5, 5.41) is 1.07. The van der Waals surface area contributed by atoms with Gasteiger partial charge in [0.25, 0.3) is 0 Å². The molecular weight excluding hydrogens is 621 g/mol. The largest absolute Gasteiger partial charge is 0.487 e. The van der Waals surface area contributed by atoms with Gasteiger partial charge in [0.1, 0.15) is 28.7 Å². The zero-order valence-corrected chi connectivity index (χ0v) is 29.5. The number of ether oxygens (including phenoxy) is 2. The van der Waals surface area contributed by atoms with Crippen molar-refractivity contribution in [3.05, 3.63) is 146 Å². The first kappa shape index (κ1) is 32.4. The molecule has 1 heterocycles. The van der Waals surface area contributed by atoms with Gasteiger partial charge in [0.15, 0.2) is 0 Å². The Labute approximate surface area is 294 Å². The van der Waals surface area contributed by atoms with Gasteiger partial charge in [0.2, 0.25) is 0 Å². The first-order valence-electron chi connectivity index (χ1n) is 17.1. The smallest absolute Gasteiger partial charge is 0.124 e. The van der Waals surface area contributed by atoms with E-state index in [0.29, 0.717) is 0 Å². The number of fused-ring (bicyclic) bond motifs is 4. The molecule has 0 spiro atoms. The zero-order chi connectivity index (χ0) is 34.1. The average Bonchev–Trinajstić information content (AvgIpc) is 3.70. The minimum absolute atomic E-state index is 0.0721. The third-order valence-corrected chi connectivity index (χ3v) is 10.9. The Bertz CT molecular complexity index is 2030. The third kappa shape index (κ3) is 5.93. The van der Waals surface area contributed by atoms with Crippen LogP contribution in [0.3, 0.4) is 0 Å². The van der Waals surface area contributed by atoms with Gasteiger partial charge in [0.05, 0.1) is 10.2 Å². The number of para-hydroxylation sites is 1. The topological polar surface area (TPSA) is 34.6 Å². The second kappa shape index (κ2) is 13.4. The van der Waals surface area contributed by atoms with Crippen molar-refractivity contribution < 1.29 is 9.47 Å². The van der Waals surface area contributed by atoms with Crippen molar-refractivity contribution in [2.75, 3.05) is 4.90 Å². The Morgan fingerprint density at radius 3 is 1.78 bits per heavy atom. The minimum atomic E-state index is -0.115. The summed E-state index contributed by atoms with van der Waals surface area (Å²) in [6.07, 6.45) is 5.45. The van der Waals surface area contributed by atoms with E-state index in [2.05, 4.69) is 117 Å². The molecule has 6 aromatic rings. The molecule has 2 atom stereocenters. The molecular formula is C44H42N2O2S. The molecule has 4 nitrogen and oxygen atoms in total. The van der Waals surface area contributed by atoms with Crippen molar-refractivity contribution in [2.45, 2.75) is 58.2 Å². The standard InChI is InChI=1S/C44H42N2O2S/c1-7-29(5)47-35-21-16-32(17-22-35)46(33-18-23-36(24-19-33)48-30(6)8-2)34-20-26-38-37-25-15-31(43-45-41-13-11-12-14-42(41)49-43)27-39(37)44(9-3,10-4)40(38)28-34/h7-8,11-30H,1-2,9-10H2,3-6H3. The first-order chi connectivity index (χ1) is 23.9.